The zero-order valence-corrected chi connectivity index (χ0v) is 18.0. The maximum absolute atomic E-state index is 12.9. The molecule has 0 spiro atoms. The Bertz CT molecular complexity index is 997. The summed E-state index contributed by atoms with van der Waals surface area (Å²) in [5.41, 5.74) is 1.66. The smallest absolute Gasteiger partial charge is 0.260 e. The summed E-state index contributed by atoms with van der Waals surface area (Å²) in [5.74, 6) is 1.36. The van der Waals surface area contributed by atoms with E-state index < -0.39 is 6.10 Å². The monoisotopic (exact) mass is 417 g/mol. The van der Waals surface area contributed by atoms with Crippen molar-refractivity contribution in [3.8, 4) is 16.9 Å². The van der Waals surface area contributed by atoms with Gasteiger partial charge in [-0.1, -0.05) is 12.1 Å². The molecule has 0 aliphatic heterocycles. The van der Waals surface area contributed by atoms with Crippen molar-refractivity contribution >= 4 is 21.6 Å². The van der Waals surface area contributed by atoms with Gasteiger partial charge in [0.05, 0.1) is 31.8 Å². The highest BCUT2D eigenvalue weighted by molar-refractivity contribution is 7.17. The molecule has 0 aliphatic rings. The van der Waals surface area contributed by atoms with E-state index in [2.05, 4.69) is 14.9 Å². The minimum absolute atomic E-state index is 0.154. The summed E-state index contributed by atoms with van der Waals surface area (Å²) in [7, 11) is 3.19. The molecule has 0 fully saturated rings. The lowest BCUT2D eigenvalue weighted by Gasteiger charge is -2.27. The Kier molecular flexibility index (Phi) is 7.02. The van der Waals surface area contributed by atoms with Gasteiger partial charge in [0.2, 0.25) is 0 Å². The Morgan fingerprint density at radius 2 is 1.97 bits per heavy atom. The van der Waals surface area contributed by atoms with E-state index in [1.165, 1.54) is 11.3 Å². The molecule has 0 amide bonds. The molecule has 0 radical (unpaired) electrons. The third-order valence-corrected chi connectivity index (χ3v) is 5.65. The van der Waals surface area contributed by atoms with Crippen molar-refractivity contribution in [1.82, 2.24) is 14.9 Å². The number of aromatic nitrogens is 2. The molecule has 1 unspecified atom stereocenters. The second-order valence-corrected chi connectivity index (χ2v) is 8.06. The standard InChI is InChI=1S/C21H27N3O4S/c1-13(2)24(9-15(25)11-27-3)10-18-22-20(26)19-17(12-29-21(19)23-18)14-5-7-16(28-4)8-6-14/h5-8,12-13,15,25H,9-11H2,1-4H3,(H,22,23,26). The second-order valence-electron chi connectivity index (χ2n) is 7.20. The number of aliphatic hydroxyl groups is 1. The number of hydrogen-bond acceptors (Lipinski definition) is 7. The minimum Gasteiger partial charge on any atom is -0.497 e. The quantitative estimate of drug-likeness (QED) is 0.557. The maximum Gasteiger partial charge on any atom is 0.260 e. The molecule has 156 valence electrons. The average molecular weight is 418 g/mol. The van der Waals surface area contributed by atoms with Crippen LogP contribution in [0.15, 0.2) is 34.4 Å². The molecule has 0 bridgehead atoms. The third-order valence-electron chi connectivity index (χ3n) is 4.78. The second kappa shape index (κ2) is 9.49. The van der Waals surface area contributed by atoms with E-state index >= 15 is 0 Å². The number of aliphatic hydroxyl groups excluding tert-OH is 1. The zero-order chi connectivity index (χ0) is 21.0. The van der Waals surface area contributed by atoms with Gasteiger partial charge in [0.15, 0.2) is 0 Å². The van der Waals surface area contributed by atoms with Crippen molar-refractivity contribution in [3.63, 3.8) is 0 Å². The molecule has 1 atom stereocenters. The lowest BCUT2D eigenvalue weighted by molar-refractivity contribution is 0.0272. The lowest BCUT2D eigenvalue weighted by atomic mass is 10.1. The Hall–Kier alpha value is -2.26. The number of thiophene rings is 1. The van der Waals surface area contributed by atoms with Crippen LogP contribution in [-0.4, -0.2) is 59.5 Å². The fourth-order valence-corrected chi connectivity index (χ4v) is 4.18. The molecule has 2 N–H and O–H groups in total. The number of fused-ring (bicyclic) bond motifs is 1. The van der Waals surface area contributed by atoms with Crippen LogP contribution in [0, 0.1) is 0 Å². The van der Waals surface area contributed by atoms with Crippen LogP contribution in [0.4, 0.5) is 0 Å². The van der Waals surface area contributed by atoms with Crippen LogP contribution in [0.1, 0.15) is 19.7 Å². The number of hydrogen-bond donors (Lipinski definition) is 2. The molecule has 0 aliphatic carbocycles. The first kappa shape index (κ1) is 21.4. The Labute approximate surface area is 173 Å². The van der Waals surface area contributed by atoms with Gasteiger partial charge >= 0.3 is 0 Å². The van der Waals surface area contributed by atoms with E-state index in [4.69, 9.17) is 9.47 Å². The molecule has 3 aromatic rings. The predicted molar refractivity (Wildman–Crippen MR) is 116 cm³/mol. The largest absolute Gasteiger partial charge is 0.497 e. The summed E-state index contributed by atoms with van der Waals surface area (Å²) >= 11 is 1.45. The molecule has 7 nitrogen and oxygen atoms in total. The van der Waals surface area contributed by atoms with Gasteiger partial charge in [0, 0.05) is 30.6 Å². The van der Waals surface area contributed by atoms with Crippen LogP contribution in [0.2, 0.25) is 0 Å². The fraction of sp³-hybridized carbons (Fsp3) is 0.429. The first-order valence-corrected chi connectivity index (χ1v) is 10.4. The van der Waals surface area contributed by atoms with Gasteiger partial charge in [-0.3, -0.25) is 9.69 Å². The average Bonchev–Trinajstić information content (AvgIpc) is 3.12. The first-order valence-electron chi connectivity index (χ1n) is 9.48. The van der Waals surface area contributed by atoms with Crippen LogP contribution in [-0.2, 0) is 11.3 Å². The summed E-state index contributed by atoms with van der Waals surface area (Å²) in [4.78, 5) is 23.2. The lowest BCUT2D eigenvalue weighted by Crippen LogP contribution is -2.39. The van der Waals surface area contributed by atoms with E-state index in [1.54, 1.807) is 14.2 Å². The van der Waals surface area contributed by atoms with Crippen molar-refractivity contribution in [1.29, 1.82) is 0 Å². The van der Waals surface area contributed by atoms with Crippen LogP contribution in [0.25, 0.3) is 21.3 Å². The number of nitrogens with one attached hydrogen (secondary N) is 1. The van der Waals surface area contributed by atoms with E-state index in [9.17, 15) is 9.90 Å². The van der Waals surface area contributed by atoms with Crippen molar-refractivity contribution in [3.05, 3.63) is 45.8 Å². The summed E-state index contributed by atoms with van der Waals surface area (Å²) in [6.07, 6.45) is -0.596. The molecule has 3 rings (SSSR count). The highest BCUT2D eigenvalue weighted by atomic mass is 32.1. The molecule has 1 aromatic carbocycles. The van der Waals surface area contributed by atoms with E-state index in [-0.39, 0.29) is 18.2 Å². The van der Waals surface area contributed by atoms with E-state index in [0.717, 1.165) is 16.9 Å². The zero-order valence-electron chi connectivity index (χ0n) is 17.1. The van der Waals surface area contributed by atoms with Crippen molar-refractivity contribution in [2.45, 2.75) is 32.5 Å². The summed E-state index contributed by atoms with van der Waals surface area (Å²) in [5, 5.41) is 12.6. The molecule has 8 heteroatoms. The fourth-order valence-electron chi connectivity index (χ4n) is 3.22. The molecule has 29 heavy (non-hydrogen) atoms. The molecule has 2 aromatic heterocycles. The van der Waals surface area contributed by atoms with Gasteiger partial charge < -0.3 is 19.6 Å². The topological polar surface area (TPSA) is 87.7 Å². The Morgan fingerprint density at radius 1 is 1.24 bits per heavy atom. The molecular formula is C21H27N3O4S. The van der Waals surface area contributed by atoms with Crippen LogP contribution in [0.5, 0.6) is 5.75 Å². The summed E-state index contributed by atoms with van der Waals surface area (Å²) < 4.78 is 10.2. The molecule has 0 saturated carbocycles. The number of nitrogens with zero attached hydrogens (tertiary/aromatic N) is 2. The first-order chi connectivity index (χ1) is 13.9. The van der Waals surface area contributed by atoms with Gasteiger partial charge in [0.25, 0.3) is 5.56 Å². The van der Waals surface area contributed by atoms with E-state index in [0.29, 0.717) is 29.1 Å². The number of H-pyrrole nitrogens is 1. The predicted octanol–water partition coefficient (Wildman–Crippen LogP) is 2.88. The van der Waals surface area contributed by atoms with Gasteiger partial charge in [-0.25, -0.2) is 4.98 Å². The van der Waals surface area contributed by atoms with E-state index in [1.807, 2.05) is 43.5 Å². The summed E-state index contributed by atoms with van der Waals surface area (Å²) in [6, 6.07) is 7.80. The third kappa shape index (κ3) is 5.02. The highest BCUT2D eigenvalue weighted by Gasteiger charge is 2.18. The van der Waals surface area contributed by atoms with Gasteiger partial charge in [-0.2, -0.15) is 0 Å². The maximum atomic E-state index is 12.9. The molecular weight excluding hydrogens is 390 g/mol. The van der Waals surface area contributed by atoms with Crippen molar-refractivity contribution in [2.24, 2.45) is 0 Å². The number of aromatic amines is 1. The van der Waals surface area contributed by atoms with Crippen molar-refractivity contribution in [2.75, 3.05) is 27.4 Å². The van der Waals surface area contributed by atoms with Gasteiger partial charge in [-0.05, 0) is 31.5 Å². The number of ether oxygens (including phenoxy) is 2. The Morgan fingerprint density at radius 3 is 2.59 bits per heavy atom. The van der Waals surface area contributed by atoms with Gasteiger partial charge in [-0.15, -0.1) is 11.3 Å². The highest BCUT2D eigenvalue weighted by Crippen LogP contribution is 2.31. The number of methoxy groups -OCH3 is 2. The number of rotatable bonds is 9. The summed E-state index contributed by atoms with van der Waals surface area (Å²) in [6.45, 7) is 5.24. The van der Waals surface area contributed by atoms with Crippen LogP contribution < -0.4 is 10.3 Å². The van der Waals surface area contributed by atoms with Crippen LogP contribution in [0.3, 0.4) is 0 Å². The SMILES string of the molecule is COCC(O)CN(Cc1nc2scc(-c3ccc(OC)cc3)c2c(=O)[nH]1)C(C)C. The Balaban J connectivity index is 1.89. The molecule has 0 saturated heterocycles. The minimum atomic E-state index is -0.596. The molecule has 2 heterocycles. The van der Waals surface area contributed by atoms with Crippen molar-refractivity contribution < 1.29 is 14.6 Å². The van der Waals surface area contributed by atoms with Crippen LogP contribution >= 0.6 is 11.3 Å². The number of benzene rings is 1. The normalized spacial score (nSPS) is 12.8. The van der Waals surface area contributed by atoms with Gasteiger partial charge in [0.1, 0.15) is 16.4 Å².